The topological polar surface area (TPSA) is 29.5 Å². The maximum atomic E-state index is 12.1. The van der Waals surface area contributed by atoms with E-state index in [0.717, 1.165) is 38.9 Å². The van der Waals surface area contributed by atoms with Gasteiger partial charge in [0.1, 0.15) is 5.60 Å². The van der Waals surface area contributed by atoms with E-state index < -0.39 is 0 Å². The predicted molar refractivity (Wildman–Crippen MR) is 98.4 cm³/mol. The Morgan fingerprint density at radius 2 is 1.60 bits per heavy atom. The molecule has 1 spiro atoms. The Bertz CT molecular complexity index is 705. The fourth-order valence-corrected chi connectivity index (χ4v) is 4.34. The molecule has 0 saturated carbocycles. The first-order valence-corrected chi connectivity index (χ1v) is 9.28. The molecule has 2 aliphatic heterocycles. The summed E-state index contributed by atoms with van der Waals surface area (Å²) < 4.78 is 5.90. The fourth-order valence-electron chi connectivity index (χ4n) is 4.34. The smallest absolute Gasteiger partial charge is 0.307 e. The SMILES string of the molecule is O=C1CC(c2ccccc2)C2(CCN(CCc3ccccc3)CC2)O1. The van der Waals surface area contributed by atoms with Crippen molar-refractivity contribution in [1.29, 1.82) is 0 Å². The molecule has 2 aliphatic rings. The van der Waals surface area contributed by atoms with Gasteiger partial charge in [0.05, 0.1) is 6.42 Å². The monoisotopic (exact) mass is 335 g/mol. The van der Waals surface area contributed by atoms with E-state index >= 15 is 0 Å². The third-order valence-electron chi connectivity index (χ3n) is 5.79. The Labute approximate surface area is 149 Å². The van der Waals surface area contributed by atoms with E-state index in [-0.39, 0.29) is 17.5 Å². The summed E-state index contributed by atoms with van der Waals surface area (Å²) in [7, 11) is 0. The maximum Gasteiger partial charge on any atom is 0.307 e. The molecule has 2 fully saturated rings. The molecular formula is C22H25NO2. The zero-order chi connectivity index (χ0) is 17.1. The van der Waals surface area contributed by atoms with E-state index in [4.69, 9.17) is 4.74 Å². The molecule has 2 saturated heterocycles. The summed E-state index contributed by atoms with van der Waals surface area (Å²) in [6.45, 7) is 3.08. The van der Waals surface area contributed by atoms with Crippen LogP contribution in [0.25, 0.3) is 0 Å². The molecule has 0 aliphatic carbocycles. The van der Waals surface area contributed by atoms with Gasteiger partial charge in [0.15, 0.2) is 0 Å². The first-order chi connectivity index (χ1) is 12.3. The number of carbonyl (C=O) groups excluding carboxylic acids is 1. The second-order valence-corrected chi connectivity index (χ2v) is 7.28. The van der Waals surface area contributed by atoms with E-state index in [0.29, 0.717) is 6.42 Å². The van der Waals surface area contributed by atoms with Crippen LogP contribution >= 0.6 is 0 Å². The summed E-state index contributed by atoms with van der Waals surface area (Å²) in [5.74, 6) is 0.170. The minimum Gasteiger partial charge on any atom is -0.458 e. The van der Waals surface area contributed by atoms with Gasteiger partial charge in [0.2, 0.25) is 0 Å². The Morgan fingerprint density at radius 1 is 0.960 bits per heavy atom. The summed E-state index contributed by atoms with van der Waals surface area (Å²) in [6.07, 6.45) is 3.48. The highest BCUT2D eigenvalue weighted by atomic mass is 16.6. The van der Waals surface area contributed by atoms with Gasteiger partial charge in [-0.3, -0.25) is 4.79 Å². The van der Waals surface area contributed by atoms with Crippen molar-refractivity contribution in [2.45, 2.75) is 37.2 Å². The number of ether oxygens (including phenoxy) is 1. The van der Waals surface area contributed by atoms with Crippen LogP contribution in [0.15, 0.2) is 60.7 Å². The van der Waals surface area contributed by atoms with Crippen molar-refractivity contribution in [1.82, 2.24) is 4.90 Å². The minimum atomic E-state index is -0.290. The molecule has 2 aromatic rings. The molecular weight excluding hydrogens is 310 g/mol. The third-order valence-corrected chi connectivity index (χ3v) is 5.79. The lowest BCUT2D eigenvalue weighted by Gasteiger charge is -2.41. The first kappa shape index (κ1) is 16.3. The molecule has 1 unspecified atom stereocenters. The molecule has 4 rings (SSSR count). The van der Waals surface area contributed by atoms with E-state index in [1.165, 1.54) is 11.1 Å². The van der Waals surface area contributed by atoms with Crippen LogP contribution in [0.2, 0.25) is 0 Å². The normalized spacial score (nSPS) is 22.9. The minimum absolute atomic E-state index is 0.0356. The van der Waals surface area contributed by atoms with Gasteiger partial charge >= 0.3 is 5.97 Å². The van der Waals surface area contributed by atoms with Crippen molar-refractivity contribution >= 4 is 5.97 Å². The van der Waals surface area contributed by atoms with E-state index in [1.807, 2.05) is 6.07 Å². The number of hydrogen-bond acceptors (Lipinski definition) is 3. The Balaban J connectivity index is 1.40. The van der Waals surface area contributed by atoms with Gasteiger partial charge in [-0.05, 0) is 17.5 Å². The number of piperidine rings is 1. The van der Waals surface area contributed by atoms with Crippen LogP contribution < -0.4 is 0 Å². The quantitative estimate of drug-likeness (QED) is 0.796. The molecule has 2 aromatic carbocycles. The summed E-state index contributed by atoms with van der Waals surface area (Å²) in [5.41, 5.74) is 2.34. The van der Waals surface area contributed by atoms with Gasteiger partial charge in [0.25, 0.3) is 0 Å². The average molecular weight is 335 g/mol. The van der Waals surface area contributed by atoms with Crippen LogP contribution in [-0.4, -0.2) is 36.1 Å². The molecule has 3 nitrogen and oxygen atoms in total. The van der Waals surface area contributed by atoms with E-state index in [9.17, 15) is 4.79 Å². The van der Waals surface area contributed by atoms with Crippen LogP contribution in [0, 0.1) is 0 Å². The lowest BCUT2D eigenvalue weighted by Crippen LogP contribution is -2.47. The number of benzene rings is 2. The van der Waals surface area contributed by atoms with Crippen molar-refractivity contribution in [3.8, 4) is 0 Å². The van der Waals surface area contributed by atoms with Gasteiger partial charge in [-0.25, -0.2) is 0 Å². The zero-order valence-corrected chi connectivity index (χ0v) is 14.6. The number of nitrogens with zero attached hydrogens (tertiary/aromatic N) is 1. The maximum absolute atomic E-state index is 12.1. The van der Waals surface area contributed by atoms with E-state index in [2.05, 4.69) is 59.5 Å². The summed E-state index contributed by atoms with van der Waals surface area (Å²) in [4.78, 5) is 14.6. The van der Waals surface area contributed by atoms with Crippen molar-refractivity contribution in [3.63, 3.8) is 0 Å². The number of carbonyl (C=O) groups is 1. The highest BCUT2D eigenvalue weighted by Crippen LogP contribution is 2.46. The Hall–Kier alpha value is -2.13. The van der Waals surface area contributed by atoms with Crippen molar-refractivity contribution in [2.24, 2.45) is 0 Å². The molecule has 3 heteroatoms. The van der Waals surface area contributed by atoms with Gasteiger partial charge in [-0.1, -0.05) is 60.7 Å². The molecule has 130 valence electrons. The zero-order valence-electron chi connectivity index (χ0n) is 14.6. The number of hydrogen-bond donors (Lipinski definition) is 0. The Kier molecular flexibility index (Phi) is 4.58. The fraction of sp³-hybridized carbons (Fsp3) is 0.409. The molecule has 0 N–H and O–H groups in total. The second kappa shape index (κ2) is 7.01. The van der Waals surface area contributed by atoms with Gasteiger partial charge < -0.3 is 9.64 Å². The molecule has 0 amide bonds. The molecule has 0 bridgehead atoms. The molecule has 1 atom stereocenters. The highest BCUT2D eigenvalue weighted by molar-refractivity contribution is 5.74. The average Bonchev–Trinajstić information content (AvgIpc) is 2.99. The molecule has 0 radical (unpaired) electrons. The summed E-state index contributed by atoms with van der Waals surface area (Å²) >= 11 is 0. The highest BCUT2D eigenvalue weighted by Gasteiger charge is 2.50. The van der Waals surface area contributed by atoms with Gasteiger partial charge in [0, 0.05) is 38.4 Å². The number of rotatable bonds is 4. The van der Waals surface area contributed by atoms with Crippen LogP contribution in [0.1, 0.15) is 36.3 Å². The Morgan fingerprint density at radius 3 is 2.28 bits per heavy atom. The lowest BCUT2D eigenvalue weighted by molar-refractivity contribution is -0.152. The van der Waals surface area contributed by atoms with Crippen LogP contribution in [0.4, 0.5) is 0 Å². The molecule has 2 heterocycles. The van der Waals surface area contributed by atoms with Crippen LogP contribution in [-0.2, 0) is 16.0 Å². The van der Waals surface area contributed by atoms with Crippen LogP contribution in [0.3, 0.4) is 0 Å². The predicted octanol–water partition coefficient (Wildman–Crippen LogP) is 3.79. The lowest BCUT2D eigenvalue weighted by atomic mass is 9.76. The van der Waals surface area contributed by atoms with Crippen LogP contribution in [0.5, 0.6) is 0 Å². The number of esters is 1. The summed E-state index contributed by atoms with van der Waals surface area (Å²) in [5, 5.41) is 0. The molecule has 0 aromatic heterocycles. The first-order valence-electron chi connectivity index (χ1n) is 9.28. The second-order valence-electron chi connectivity index (χ2n) is 7.28. The molecule has 25 heavy (non-hydrogen) atoms. The van der Waals surface area contributed by atoms with Gasteiger partial charge in [-0.15, -0.1) is 0 Å². The standard InChI is InChI=1S/C22H25NO2/c24-21-17-20(19-9-5-2-6-10-19)22(25-21)12-15-23(16-13-22)14-11-18-7-3-1-4-8-18/h1-10,20H,11-17H2. The van der Waals surface area contributed by atoms with Crippen molar-refractivity contribution in [3.05, 3.63) is 71.8 Å². The number of likely N-dealkylation sites (tertiary alicyclic amines) is 1. The van der Waals surface area contributed by atoms with Crippen molar-refractivity contribution < 1.29 is 9.53 Å². The van der Waals surface area contributed by atoms with Gasteiger partial charge in [-0.2, -0.15) is 0 Å². The third kappa shape index (κ3) is 3.47. The largest absolute Gasteiger partial charge is 0.458 e. The van der Waals surface area contributed by atoms with Crippen molar-refractivity contribution in [2.75, 3.05) is 19.6 Å². The van der Waals surface area contributed by atoms with E-state index in [1.54, 1.807) is 0 Å². The summed E-state index contributed by atoms with van der Waals surface area (Å²) in [6, 6.07) is 21.1.